The SMILES string of the molecule is CCOc1ccc(CN(CC2CCCNC2)C2CC2)cc1. The van der Waals surface area contributed by atoms with Gasteiger partial charge in [-0.3, -0.25) is 4.90 Å². The topological polar surface area (TPSA) is 24.5 Å². The Morgan fingerprint density at radius 2 is 2.00 bits per heavy atom. The maximum Gasteiger partial charge on any atom is 0.119 e. The van der Waals surface area contributed by atoms with E-state index in [4.69, 9.17) is 4.74 Å². The lowest BCUT2D eigenvalue weighted by molar-refractivity contribution is 0.192. The van der Waals surface area contributed by atoms with Gasteiger partial charge in [-0.25, -0.2) is 0 Å². The zero-order chi connectivity index (χ0) is 14.5. The lowest BCUT2D eigenvalue weighted by Crippen LogP contribution is -2.39. The summed E-state index contributed by atoms with van der Waals surface area (Å²) < 4.78 is 5.53. The van der Waals surface area contributed by atoms with Crippen molar-refractivity contribution in [1.29, 1.82) is 0 Å². The summed E-state index contributed by atoms with van der Waals surface area (Å²) in [6.45, 7) is 7.52. The molecule has 0 spiro atoms. The van der Waals surface area contributed by atoms with Crippen LogP contribution >= 0.6 is 0 Å². The van der Waals surface area contributed by atoms with Crippen molar-refractivity contribution in [1.82, 2.24) is 10.2 Å². The highest BCUT2D eigenvalue weighted by molar-refractivity contribution is 5.27. The molecule has 1 saturated carbocycles. The van der Waals surface area contributed by atoms with Crippen LogP contribution in [0, 0.1) is 5.92 Å². The predicted octanol–water partition coefficient (Wildman–Crippen LogP) is 3.05. The Morgan fingerprint density at radius 1 is 1.19 bits per heavy atom. The average molecular weight is 288 g/mol. The molecule has 1 saturated heterocycles. The van der Waals surface area contributed by atoms with Crippen LogP contribution in [-0.4, -0.2) is 37.2 Å². The molecule has 1 heterocycles. The monoisotopic (exact) mass is 288 g/mol. The van der Waals surface area contributed by atoms with Gasteiger partial charge in [0.05, 0.1) is 6.61 Å². The van der Waals surface area contributed by atoms with Crippen molar-refractivity contribution in [2.24, 2.45) is 5.92 Å². The van der Waals surface area contributed by atoms with Gasteiger partial charge in [-0.15, -0.1) is 0 Å². The maximum atomic E-state index is 5.53. The highest BCUT2D eigenvalue weighted by Crippen LogP contribution is 2.30. The van der Waals surface area contributed by atoms with Crippen molar-refractivity contribution in [3.63, 3.8) is 0 Å². The van der Waals surface area contributed by atoms with Gasteiger partial charge in [0.1, 0.15) is 5.75 Å². The van der Waals surface area contributed by atoms with Gasteiger partial charge in [0.25, 0.3) is 0 Å². The molecular formula is C18H28N2O. The average Bonchev–Trinajstić information content (AvgIpc) is 3.35. The number of nitrogens with zero attached hydrogens (tertiary/aromatic N) is 1. The highest BCUT2D eigenvalue weighted by atomic mass is 16.5. The van der Waals surface area contributed by atoms with Crippen LogP contribution in [0.1, 0.15) is 38.2 Å². The molecule has 0 radical (unpaired) electrons. The summed E-state index contributed by atoms with van der Waals surface area (Å²) in [5.41, 5.74) is 1.41. The first-order valence-electron chi connectivity index (χ1n) is 8.51. The van der Waals surface area contributed by atoms with E-state index in [1.807, 2.05) is 6.92 Å². The van der Waals surface area contributed by atoms with Gasteiger partial charge < -0.3 is 10.1 Å². The molecule has 0 aromatic heterocycles. The summed E-state index contributed by atoms with van der Waals surface area (Å²) in [6, 6.07) is 9.48. The van der Waals surface area contributed by atoms with Gasteiger partial charge in [0.2, 0.25) is 0 Å². The molecule has 3 rings (SSSR count). The molecule has 3 heteroatoms. The van der Waals surface area contributed by atoms with E-state index in [1.165, 1.54) is 50.9 Å². The van der Waals surface area contributed by atoms with Crippen molar-refractivity contribution in [3.8, 4) is 5.75 Å². The van der Waals surface area contributed by atoms with E-state index in [1.54, 1.807) is 0 Å². The summed E-state index contributed by atoms with van der Waals surface area (Å²) in [5.74, 6) is 1.82. The van der Waals surface area contributed by atoms with Crippen LogP contribution in [0.2, 0.25) is 0 Å². The molecule has 3 nitrogen and oxygen atoms in total. The minimum atomic E-state index is 0.738. The van der Waals surface area contributed by atoms with Gasteiger partial charge >= 0.3 is 0 Å². The maximum absolute atomic E-state index is 5.53. The van der Waals surface area contributed by atoms with E-state index in [0.29, 0.717) is 0 Å². The number of hydrogen-bond donors (Lipinski definition) is 1. The third kappa shape index (κ3) is 4.45. The molecule has 1 aromatic carbocycles. The number of rotatable bonds is 7. The van der Waals surface area contributed by atoms with E-state index in [9.17, 15) is 0 Å². The van der Waals surface area contributed by atoms with E-state index in [2.05, 4.69) is 34.5 Å². The second-order valence-corrected chi connectivity index (χ2v) is 6.45. The third-order valence-electron chi connectivity index (χ3n) is 4.57. The molecule has 1 unspecified atom stereocenters. The lowest BCUT2D eigenvalue weighted by atomic mass is 9.98. The highest BCUT2D eigenvalue weighted by Gasteiger charge is 2.30. The zero-order valence-corrected chi connectivity index (χ0v) is 13.2. The summed E-state index contributed by atoms with van der Waals surface area (Å²) in [6.07, 6.45) is 5.50. The van der Waals surface area contributed by atoms with Crippen LogP contribution in [0.5, 0.6) is 5.75 Å². The summed E-state index contributed by atoms with van der Waals surface area (Å²) in [4.78, 5) is 2.70. The van der Waals surface area contributed by atoms with E-state index in [0.717, 1.165) is 30.9 Å². The van der Waals surface area contributed by atoms with E-state index in [-0.39, 0.29) is 0 Å². The predicted molar refractivity (Wildman–Crippen MR) is 86.6 cm³/mol. The van der Waals surface area contributed by atoms with Crippen molar-refractivity contribution >= 4 is 0 Å². The first-order chi connectivity index (χ1) is 10.3. The zero-order valence-electron chi connectivity index (χ0n) is 13.2. The Kier molecular flexibility index (Phi) is 5.15. The van der Waals surface area contributed by atoms with Crippen LogP contribution in [0.15, 0.2) is 24.3 Å². The number of hydrogen-bond acceptors (Lipinski definition) is 3. The van der Waals surface area contributed by atoms with Crippen LogP contribution in [-0.2, 0) is 6.54 Å². The number of benzene rings is 1. The van der Waals surface area contributed by atoms with Crippen molar-refractivity contribution in [3.05, 3.63) is 29.8 Å². The van der Waals surface area contributed by atoms with Crippen molar-refractivity contribution in [2.75, 3.05) is 26.2 Å². The van der Waals surface area contributed by atoms with Gasteiger partial charge in [-0.1, -0.05) is 12.1 Å². The molecule has 116 valence electrons. The Morgan fingerprint density at radius 3 is 2.62 bits per heavy atom. The number of nitrogens with one attached hydrogen (secondary N) is 1. The Labute approximate surface area is 128 Å². The first kappa shape index (κ1) is 14.9. The molecule has 21 heavy (non-hydrogen) atoms. The molecular weight excluding hydrogens is 260 g/mol. The summed E-state index contributed by atoms with van der Waals surface area (Å²) in [5, 5.41) is 3.54. The molecule has 0 bridgehead atoms. The van der Waals surface area contributed by atoms with Crippen molar-refractivity contribution in [2.45, 2.75) is 45.2 Å². The molecule has 1 N–H and O–H groups in total. The van der Waals surface area contributed by atoms with Crippen molar-refractivity contribution < 1.29 is 4.74 Å². The molecule has 1 aromatic rings. The molecule has 1 atom stereocenters. The van der Waals surface area contributed by atoms with Crippen LogP contribution in [0.25, 0.3) is 0 Å². The minimum Gasteiger partial charge on any atom is -0.494 e. The lowest BCUT2D eigenvalue weighted by Gasteiger charge is -2.30. The normalized spacial score (nSPS) is 22.5. The van der Waals surface area contributed by atoms with Crippen LogP contribution in [0.4, 0.5) is 0 Å². The van der Waals surface area contributed by atoms with Gasteiger partial charge in [0.15, 0.2) is 0 Å². The molecule has 1 aliphatic heterocycles. The second-order valence-electron chi connectivity index (χ2n) is 6.45. The van der Waals surface area contributed by atoms with E-state index < -0.39 is 0 Å². The fourth-order valence-corrected chi connectivity index (χ4v) is 3.29. The number of ether oxygens (including phenoxy) is 1. The molecule has 1 aliphatic carbocycles. The number of piperidine rings is 1. The van der Waals surface area contributed by atoms with Gasteiger partial charge in [-0.05, 0) is 69.3 Å². The summed E-state index contributed by atoms with van der Waals surface area (Å²) >= 11 is 0. The minimum absolute atomic E-state index is 0.738. The fourth-order valence-electron chi connectivity index (χ4n) is 3.29. The largest absolute Gasteiger partial charge is 0.494 e. The Balaban J connectivity index is 1.56. The first-order valence-corrected chi connectivity index (χ1v) is 8.51. The third-order valence-corrected chi connectivity index (χ3v) is 4.57. The quantitative estimate of drug-likeness (QED) is 0.834. The molecule has 2 fully saturated rings. The fraction of sp³-hybridized carbons (Fsp3) is 0.667. The Bertz CT molecular complexity index is 421. The van der Waals surface area contributed by atoms with Crippen LogP contribution in [0.3, 0.4) is 0 Å². The van der Waals surface area contributed by atoms with E-state index >= 15 is 0 Å². The standard InChI is InChI=1S/C18H28N2O/c1-2-21-18-9-5-15(6-10-18)13-20(17-7-8-17)14-16-4-3-11-19-12-16/h5-6,9-10,16-17,19H,2-4,7-8,11-14H2,1H3. The molecule has 2 aliphatic rings. The second kappa shape index (κ2) is 7.28. The summed E-state index contributed by atoms with van der Waals surface area (Å²) in [7, 11) is 0. The Hall–Kier alpha value is -1.06. The molecule has 0 amide bonds. The van der Waals surface area contributed by atoms with Gasteiger partial charge in [0, 0.05) is 19.1 Å². The van der Waals surface area contributed by atoms with Crippen LogP contribution < -0.4 is 10.1 Å². The van der Waals surface area contributed by atoms with Gasteiger partial charge in [-0.2, -0.15) is 0 Å². The smallest absolute Gasteiger partial charge is 0.119 e.